The summed E-state index contributed by atoms with van der Waals surface area (Å²) >= 11 is 5.99. The minimum Gasteiger partial charge on any atom is -0.334 e. The molecule has 2 heterocycles. The van der Waals surface area contributed by atoms with Gasteiger partial charge in [-0.2, -0.15) is 0 Å². The van der Waals surface area contributed by atoms with Crippen LogP contribution in [0.15, 0.2) is 54.7 Å². The number of halogens is 1. The van der Waals surface area contributed by atoms with Crippen molar-refractivity contribution < 1.29 is 4.79 Å². The number of hydrogen-bond donors (Lipinski definition) is 0. The zero-order valence-corrected chi connectivity index (χ0v) is 15.4. The van der Waals surface area contributed by atoms with Crippen LogP contribution >= 0.6 is 11.6 Å². The first-order valence-corrected chi connectivity index (χ1v) is 9.47. The highest BCUT2D eigenvalue weighted by atomic mass is 35.5. The molecule has 0 saturated heterocycles. The number of carbonyl (C=O) groups excluding carboxylic acids is 1. The molecule has 0 N–H and O–H groups in total. The molecule has 0 unspecified atom stereocenters. The van der Waals surface area contributed by atoms with Crippen LogP contribution in [0.25, 0.3) is 11.3 Å². The van der Waals surface area contributed by atoms with Crippen molar-refractivity contribution in [1.29, 1.82) is 0 Å². The summed E-state index contributed by atoms with van der Waals surface area (Å²) in [6.07, 6.45) is 6.13. The second-order valence-corrected chi connectivity index (χ2v) is 7.32. The zero-order chi connectivity index (χ0) is 17.9. The molecule has 0 radical (unpaired) electrons. The van der Waals surface area contributed by atoms with Gasteiger partial charge in [0.05, 0.1) is 5.69 Å². The molecule has 3 nitrogen and oxygen atoms in total. The van der Waals surface area contributed by atoms with Crippen LogP contribution in [0.3, 0.4) is 0 Å². The molecule has 1 aromatic heterocycles. The lowest BCUT2D eigenvalue weighted by atomic mass is 10.0. The van der Waals surface area contributed by atoms with Gasteiger partial charge in [-0.05, 0) is 42.2 Å². The summed E-state index contributed by atoms with van der Waals surface area (Å²) in [5.41, 5.74) is 4.32. The van der Waals surface area contributed by atoms with Gasteiger partial charge in [0, 0.05) is 42.6 Å². The number of rotatable bonds is 6. The lowest BCUT2D eigenvalue weighted by Crippen LogP contribution is -2.04. The molecule has 26 heavy (non-hydrogen) atoms. The van der Waals surface area contributed by atoms with Crippen LogP contribution in [-0.2, 0) is 30.6 Å². The number of imidazole rings is 1. The molecule has 132 valence electrons. The van der Waals surface area contributed by atoms with E-state index in [1.807, 2.05) is 24.3 Å². The minimum absolute atomic E-state index is 0.235. The summed E-state index contributed by atoms with van der Waals surface area (Å²) in [6, 6.07) is 15.9. The number of Topliss-reactive ketones (excluding diaryl/α,β-unsaturated/α-hetero) is 1. The molecule has 0 bridgehead atoms. The maximum Gasteiger partial charge on any atom is 0.137 e. The Morgan fingerprint density at radius 1 is 1.12 bits per heavy atom. The second kappa shape index (κ2) is 7.46. The summed E-state index contributed by atoms with van der Waals surface area (Å²) in [6.45, 7) is 1.07. The number of carbonyl (C=O) groups is 1. The topological polar surface area (TPSA) is 34.9 Å². The fraction of sp³-hybridized carbons (Fsp3) is 0.273. The van der Waals surface area contributed by atoms with Gasteiger partial charge in [-0.15, -0.1) is 0 Å². The molecule has 4 rings (SSSR count). The van der Waals surface area contributed by atoms with E-state index in [1.54, 1.807) is 0 Å². The van der Waals surface area contributed by atoms with E-state index in [0.29, 0.717) is 17.9 Å². The molecule has 0 aliphatic carbocycles. The Hall–Kier alpha value is -2.39. The third-order valence-electron chi connectivity index (χ3n) is 4.86. The smallest absolute Gasteiger partial charge is 0.137 e. The van der Waals surface area contributed by atoms with Crippen molar-refractivity contribution in [1.82, 2.24) is 9.55 Å². The summed E-state index contributed by atoms with van der Waals surface area (Å²) in [5.74, 6) is 1.42. The van der Waals surface area contributed by atoms with Crippen molar-refractivity contribution in [2.45, 2.75) is 38.6 Å². The summed E-state index contributed by atoms with van der Waals surface area (Å²) in [5, 5.41) is 0.676. The van der Waals surface area contributed by atoms with Gasteiger partial charge < -0.3 is 4.57 Å². The van der Waals surface area contributed by atoms with Gasteiger partial charge in [-0.25, -0.2) is 4.98 Å². The lowest BCUT2D eigenvalue weighted by molar-refractivity contribution is -0.118. The third-order valence-corrected chi connectivity index (χ3v) is 5.10. The first-order chi connectivity index (χ1) is 12.7. The van der Waals surface area contributed by atoms with E-state index in [1.165, 1.54) is 17.8 Å². The van der Waals surface area contributed by atoms with Gasteiger partial charge in [-0.1, -0.05) is 41.9 Å². The zero-order valence-electron chi connectivity index (χ0n) is 14.6. The van der Waals surface area contributed by atoms with Crippen LogP contribution < -0.4 is 0 Å². The standard InChI is InChI=1S/C22H21ClN2O/c23-19-7-2-5-17(13-19)14-20(26)10-9-16-4-1-6-18(12-16)21-15-25-11-3-8-22(25)24-21/h1-2,4-7,12-13,15H,3,8-11,14H2. The number of aryl methyl sites for hydroxylation is 3. The molecular weight excluding hydrogens is 344 g/mol. The van der Waals surface area contributed by atoms with Gasteiger partial charge in [0.1, 0.15) is 11.6 Å². The fourth-order valence-electron chi connectivity index (χ4n) is 3.53. The molecule has 0 spiro atoms. The Kier molecular flexibility index (Phi) is 4.89. The SMILES string of the molecule is O=C(CCc1cccc(-c2cn3c(n2)CCC3)c1)Cc1cccc(Cl)c1. The number of fused-ring (bicyclic) bond motifs is 1. The maximum absolute atomic E-state index is 12.3. The molecule has 0 fully saturated rings. The largest absolute Gasteiger partial charge is 0.334 e. The van der Waals surface area contributed by atoms with Crippen LogP contribution in [0.2, 0.25) is 5.02 Å². The molecule has 4 heteroatoms. The Morgan fingerprint density at radius 2 is 1.96 bits per heavy atom. The Balaban J connectivity index is 1.40. The van der Waals surface area contributed by atoms with E-state index in [2.05, 4.69) is 35.0 Å². The predicted molar refractivity (Wildman–Crippen MR) is 104 cm³/mol. The lowest BCUT2D eigenvalue weighted by Gasteiger charge is -2.05. The third kappa shape index (κ3) is 3.88. The average molecular weight is 365 g/mol. The number of hydrogen-bond acceptors (Lipinski definition) is 2. The van der Waals surface area contributed by atoms with Crippen molar-refractivity contribution >= 4 is 17.4 Å². The number of nitrogens with zero attached hydrogens (tertiary/aromatic N) is 2. The van der Waals surface area contributed by atoms with Crippen molar-refractivity contribution in [2.24, 2.45) is 0 Å². The Labute approximate surface area is 158 Å². The van der Waals surface area contributed by atoms with Crippen molar-refractivity contribution in [3.05, 3.63) is 76.7 Å². The van der Waals surface area contributed by atoms with Crippen molar-refractivity contribution in [3.8, 4) is 11.3 Å². The molecular formula is C22H21ClN2O. The van der Waals surface area contributed by atoms with E-state index in [4.69, 9.17) is 16.6 Å². The molecule has 2 aromatic carbocycles. The molecule has 0 atom stereocenters. The van der Waals surface area contributed by atoms with Gasteiger partial charge in [0.15, 0.2) is 0 Å². The quantitative estimate of drug-likeness (QED) is 0.623. The van der Waals surface area contributed by atoms with Crippen LogP contribution in [0.1, 0.15) is 29.8 Å². The van der Waals surface area contributed by atoms with E-state index >= 15 is 0 Å². The first kappa shape index (κ1) is 17.0. The Morgan fingerprint density at radius 3 is 2.81 bits per heavy atom. The number of benzene rings is 2. The van der Waals surface area contributed by atoms with Gasteiger partial charge in [0.25, 0.3) is 0 Å². The normalized spacial score (nSPS) is 13.0. The maximum atomic E-state index is 12.3. The predicted octanol–water partition coefficient (Wildman–Crippen LogP) is 4.89. The number of ketones is 1. The highest BCUT2D eigenvalue weighted by Gasteiger charge is 2.14. The van der Waals surface area contributed by atoms with Crippen LogP contribution in [-0.4, -0.2) is 15.3 Å². The minimum atomic E-state index is 0.235. The van der Waals surface area contributed by atoms with Crippen LogP contribution in [0.5, 0.6) is 0 Å². The fourth-order valence-corrected chi connectivity index (χ4v) is 3.74. The summed E-state index contributed by atoms with van der Waals surface area (Å²) in [4.78, 5) is 17.0. The van der Waals surface area contributed by atoms with E-state index in [9.17, 15) is 4.79 Å². The van der Waals surface area contributed by atoms with E-state index in [-0.39, 0.29) is 5.78 Å². The highest BCUT2D eigenvalue weighted by molar-refractivity contribution is 6.30. The number of aromatic nitrogens is 2. The molecule has 3 aromatic rings. The first-order valence-electron chi connectivity index (χ1n) is 9.09. The van der Waals surface area contributed by atoms with Gasteiger partial charge in [0.2, 0.25) is 0 Å². The van der Waals surface area contributed by atoms with Crippen LogP contribution in [0.4, 0.5) is 0 Å². The highest BCUT2D eigenvalue weighted by Crippen LogP contribution is 2.24. The van der Waals surface area contributed by atoms with Gasteiger partial charge >= 0.3 is 0 Å². The molecule has 0 saturated carbocycles. The average Bonchev–Trinajstić information content (AvgIpc) is 3.22. The Bertz CT molecular complexity index is 923. The summed E-state index contributed by atoms with van der Waals surface area (Å²) < 4.78 is 2.25. The summed E-state index contributed by atoms with van der Waals surface area (Å²) in [7, 11) is 0. The van der Waals surface area contributed by atoms with E-state index in [0.717, 1.165) is 36.2 Å². The second-order valence-electron chi connectivity index (χ2n) is 6.89. The monoisotopic (exact) mass is 364 g/mol. The van der Waals surface area contributed by atoms with Crippen molar-refractivity contribution in [2.75, 3.05) is 0 Å². The van der Waals surface area contributed by atoms with Gasteiger partial charge in [-0.3, -0.25) is 4.79 Å². The van der Waals surface area contributed by atoms with Crippen molar-refractivity contribution in [3.63, 3.8) is 0 Å². The van der Waals surface area contributed by atoms with Crippen LogP contribution in [0, 0.1) is 0 Å². The molecule has 1 aliphatic heterocycles. The molecule has 1 aliphatic rings. The van der Waals surface area contributed by atoms with E-state index < -0.39 is 0 Å². The molecule has 0 amide bonds.